The maximum absolute atomic E-state index is 5.56. The number of hydrogen-bond donors (Lipinski definition) is 0. The number of fused-ring (bicyclic) bond motifs is 4. The van der Waals surface area contributed by atoms with Crippen LogP contribution >= 0.6 is 0 Å². The van der Waals surface area contributed by atoms with Crippen LogP contribution in [0.4, 0.5) is 0 Å². The van der Waals surface area contributed by atoms with Gasteiger partial charge in [-0.2, -0.15) is 0 Å². The van der Waals surface area contributed by atoms with Crippen molar-refractivity contribution < 1.29 is 0 Å². The number of rotatable bonds is 7. The lowest BCUT2D eigenvalue weighted by molar-refractivity contribution is 0.838. The van der Waals surface area contributed by atoms with E-state index in [0.29, 0.717) is 27.7 Å². The Morgan fingerprint density at radius 2 is 0.870 bits per heavy atom. The molecule has 0 unspecified atom stereocenters. The highest BCUT2D eigenvalue weighted by Gasteiger charge is 2.42. The molecule has 8 rings (SSSR count). The third kappa shape index (κ3) is 5.13. The van der Waals surface area contributed by atoms with Crippen LogP contribution in [-0.4, -0.2) is 26.1 Å². The highest BCUT2D eigenvalue weighted by Crippen LogP contribution is 2.47. The first-order chi connectivity index (χ1) is 25.9. The van der Waals surface area contributed by atoms with Crippen LogP contribution in [0.1, 0.15) is 93.7 Å². The lowest BCUT2D eigenvalue weighted by atomic mass is 9.87. The van der Waals surface area contributed by atoms with Crippen LogP contribution in [0, 0.1) is 22.9 Å². The molecule has 2 nitrogen and oxygen atoms in total. The molecule has 0 saturated heterocycles. The zero-order valence-electron chi connectivity index (χ0n) is 34.1. The summed E-state index contributed by atoms with van der Waals surface area (Å²) < 4.78 is 0. The van der Waals surface area contributed by atoms with Crippen LogP contribution in [-0.2, 0) is 0 Å². The summed E-state index contributed by atoms with van der Waals surface area (Å²) in [6.45, 7) is 26.3. The normalized spacial score (nSPS) is 13.0. The van der Waals surface area contributed by atoms with Gasteiger partial charge in [0.1, 0.15) is 16.1 Å². The molecule has 0 atom stereocenters. The first-order valence-corrected chi connectivity index (χ1v) is 25.0. The molecule has 0 aliphatic carbocycles. The second-order valence-corrected chi connectivity index (χ2v) is 28.2. The van der Waals surface area contributed by atoms with Crippen molar-refractivity contribution >= 4 is 92.1 Å². The van der Waals surface area contributed by atoms with Gasteiger partial charge in [-0.15, -0.1) is 11.1 Å². The van der Waals surface area contributed by atoms with E-state index >= 15 is 0 Å². The van der Waals surface area contributed by atoms with Crippen molar-refractivity contribution in [3.05, 3.63) is 83.9 Å². The zero-order valence-corrected chi connectivity index (χ0v) is 36.1. The summed E-state index contributed by atoms with van der Waals surface area (Å²) in [5.74, 6) is 7.87. The molecule has 0 aliphatic heterocycles. The van der Waals surface area contributed by atoms with Crippen molar-refractivity contribution in [1.29, 1.82) is 0 Å². The Labute approximate surface area is 323 Å². The Morgan fingerprint density at radius 3 is 1.26 bits per heavy atom. The molecule has 8 aromatic rings. The fourth-order valence-corrected chi connectivity index (χ4v) is 20.3. The summed E-state index contributed by atoms with van der Waals surface area (Å²) in [4.78, 5) is 11.1. The third-order valence-corrected chi connectivity index (χ3v) is 25.7. The molecule has 6 aromatic carbocycles. The average molecular weight is 739 g/mol. The van der Waals surface area contributed by atoms with Crippen LogP contribution in [0.2, 0.25) is 33.7 Å². The Bertz CT molecular complexity index is 2830. The van der Waals surface area contributed by atoms with Crippen LogP contribution in [0.3, 0.4) is 0 Å². The van der Waals surface area contributed by atoms with Gasteiger partial charge in [-0.05, 0) is 45.9 Å². The molecule has 2 aromatic heterocycles. The Hall–Kier alpha value is -4.49. The smallest absolute Gasteiger partial charge is 0.146 e. The highest BCUT2D eigenvalue weighted by atomic mass is 28.3. The minimum absolute atomic E-state index is 0.557. The number of nitrogens with zero attached hydrogens (tertiary/aromatic N) is 2. The van der Waals surface area contributed by atoms with Crippen molar-refractivity contribution in [2.75, 3.05) is 0 Å². The maximum atomic E-state index is 5.56. The summed E-state index contributed by atoms with van der Waals surface area (Å²) in [7, 11) is -3.90. The van der Waals surface area contributed by atoms with Gasteiger partial charge >= 0.3 is 0 Å². The average Bonchev–Trinajstić information content (AvgIpc) is 3.14. The van der Waals surface area contributed by atoms with Gasteiger partial charge in [-0.1, -0.05) is 155 Å². The van der Waals surface area contributed by atoms with E-state index in [1.807, 2.05) is 0 Å². The molecule has 0 amide bonds. The van der Waals surface area contributed by atoms with E-state index in [1.54, 1.807) is 0 Å². The van der Waals surface area contributed by atoms with E-state index in [9.17, 15) is 0 Å². The number of hydrogen-bond acceptors (Lipinski definition) is 2. The molecular weight excluding hydrogens is 685 g/mol. The van der Waals surface area contributed by atoms with Gasteiger partial charge in [0.05, 0.1) is 22.1 Å². The topological polar surface area (TPSA) is 25.8 Å². The molecule has 0 saturated carbocycles. The summed E-state index contributed by atoms with van der Waals surface area (Å²) in [6.07, 6.45) is 1.18. The van der Waals surface area contributed by atoms with Gasteiger partial charge in [0, 0.05) is 65.0 Å². The van der Waals surface area contributed by atoms with Crippen molar-refractivity contribution in [3.63, 3.8) is 0 Å². The van der Waals surface area contributed by atoms with E-state index < -0.39 is 16.1 Å². The maximum Gasteiger partial charge on any atom is 0.146 e. The predicted octanol–water partition coefficient (Wildman–Crippen LogP) is 14.6. The van der Waals surface area contributed by atoms with Crippen LogP contribution in [0.25, 0.3) is 75.9 Å². The second-order valence-electron chi connectivity index (χ2n) is 17.5. The quantitative estimate of drug-likeness (QED) is 0.0704. The standard InChI is InChI=1S/C50H54N2Si2/c1-12-27-53(30(2)3,31(4)5)28-25-37-35-17-13-15-19-41(35)49-45-39(37)21-23-43-47(45)48-44(51-49)24-22-40-38(26-29-54(32(6)7,33(8)9)34(10)11)36-18-14-16-20-42(36)50(52-43)46(40)48/h13-24,30-34H,12,27H2,1-11H3. The van der Waals surface area contributed by atoms with E-state index in [0.717, 1.165) is 38.6 Å². The van der Waals surface area contributed by atoms with E-state index in [2.05, 4.69) is 172 Å². The summed E-state index contributed by atoms with van der Waals surface area (Å²) in [5.41, 5.74) is 17.4. The fourth-order valence-electron chi connectivity index (χ4n) is 10.7. The Morgan fingerprint density at radius 1 is 0.463 bits per heavy atom. The van der Waals surface area contributed by atoms with Crippen LogP contribution < -0.4 is 0 Å². The molecule has 0 N–H and O–H groups in total. The molecule has 0 bridgehead atoms. The van der Waals surface area contributed by atoms with E-state index in [4.69, 9.17) is 9.97 Å². The highest BCUT2D eigenvalue weighted by molar-refractivity contribution is 6.90. The van der Waals surface area contributed by atoms with Gasteiger partial charge in [0.2, 0.25) is 0 Å². The van der Waals surface area contributed by atoms with Crippen molar-refractivity contribution in [3.8, 4) is 22.9 Å². The molecule has 0 spiro atoms. The lowest BCUT2D eigenvalue weighted by Gasteiger charge is -2.38. The first kappa shape index (κ1) is 36.5. The number of aromatic nitrogens is 2. The third-order valence-electron chi connectivity index (χ3n) is 13.4. The largest absolute Gasteiger partial charge is 0.247 e. The van der Waals surface area contributed by atoms with E-state index in [1.165, 1.54) is 60.9 Å². The molecular formula is C50H54N2Si2. The Kier molecular flexibility index (Phi) is 9.03. The molecule has 4 heteroatoms. The lowest BCUT2D eigenvalue weighted by Crippen LogP contribution is -2.43. The number of benzene rings is 6. The molecule has 272 valence electrons. The van der Waals surface area contributed by atoms with E-state index in [-0.39, 0.29) is 0 Å². The van der Waals surface area contributed by atoms with Gasteiger partial charge in [0.25, 0.3) is 0 Å². The van der Waals surface area contributed by atoms with Crippen molar-refractivity contribution in [2.24, 2.45) is 0 Å². The Balaban J connectivity index is 1.53. The van der Waals surface area contributed by atoms with Crippen molar-refractivity contribution in [1.82, 2.24) is 9.97 Å². The van der Waals surface area contributed by atoms with Gasteiger partial charge in [0.15, 0.2) is 0 Å². The van der Waals surface area contributed by atoms with Gasteiger partial charge < -0.3 is 0 Å². The van der Waals surface area contributed by atoms with Crippen molar-refractivity contribution in [2.45, 2.75) is 116 Å². The molecule has 0 radical (unpaired) electrons. The van der Waals surface area contributed by atoms with Crippen LogP contribution in [0.15, 0.2) is 72.8 Å². The molecule has 54 heavy (non-hydrogen) atoms. The summed E-state index contributed by atoms with van der Waals surface area (Å²) in [5, 5.41) is 11.9. The molecule has 0 aliphatic rings. The minimum Gasteiger partial charge on any atom is -0.247 e. The summed E-state index contributed by atoms with van der Waals surface area (Å²) in [6, 6.07) is 27.9. The predicted molar refractivity (Wildman–Crippen MR) is 243 cm³/mol. The monoisotopic (exact) mass is 738 g/mol. The van der Waals surface area contributed by atoms with Gasteiger partial charge in [-0.25, -0.2) is 9.97 Å². The van der Waals surface area contributed by atoms with Gasteiger partial charge in [-0.3, -0.25) is 0 Å². The SMILES string of the molecule is CCC[Si](C#Cc1c2ccccc2c2nc3ccc4c(C#C[Si](C(C)C)(C(C)C)C(C)C)c5ccccc5c5nc6ccc1c2c6c3c45)(C(C)C)C(C)C. The van der Waals surface area contributed by atoms with Crippen LogP contribution in [0.5, 0.6) is 0 Å². The summed E-state index contributed by atoms with van der Waals surface area (Å²) >= 11 is 0. The number of pyridine rings is 2. The first-order valence-electron chi connectivity index (χ1n) is 20.4. The minimum atomic E-state index is -1.99. The molecule has 2 heterocycles. The fraction of sp³-hybridized carbons (Fsp3) is 0.360. The molecule has 0 fully saturated rings. The zero-order chi connectivity index (χ0) is 38.3. The second kappa shape index (κ2) is 13.4.